The molecule has 1 aliphatic carbocycles. The molecule has 0 radical (unpaired) electrons. The zero-order chi connectivity index (χ0) is 14.8. The Morgan fingerprint density at radius 3 is 2.71 bits per heavy atom. The number of ether oxygens (including phenoxy) is 1. The highest BCUT2D eigenvalue weighted by Gasteiger charge is 2.34. The zero-order valence-electron chi connectivity index (χ0n) is 12.8. The van der Waals surface area contributed by atoms with Crippen LogP contribution >= 0.6 is 0 Å². The van der Waals surface area contributed by atoms with E-state index in [-0.39, 0.29) is 5.82 Å². The molecule has 1 aromatic rings. The lowest BCUT2D eigenvalue weighted by atomic mass is 9.95. The summed E-state index contributed by atoms with van der Waals surface area (Å²) in [6, 6.07) is 3.76. The molecular weight excluding hydrogens is 267 g/mol. The number of rotatable bonds is 4. The third-order valence-electron chi connectivity index (χ3n) is 4.93. The Bertz CT molecular complexity index is 500. The van der Waals surface area contributed by atoms with Crippen LogP contribution in [0.5, 0.6) is 5.75 Å². The maximum atomic E-state index is 13.9. The van der Waals surface area contributed by atoms with Crippen molar-refractivity contribution in [1.29, 1.82) is 0 Å². The van der Waals surface area contributed by atoms with E-state index in [4.69, 9.17) is 10.5 Å². The van der Waals surface area contributed by atoms with Crippen molar-refractivity contribution in [3.05, 3.63) is 17.9 Å². The minimum absolute atomic E-state index is 0.318. The standard InChI is InChI=1S/C17H25FN2O/c1-2-21-17-11-16(14(19)10-13(17)18)20-9-5-8-15(20)12-6-3-4-7-12/h10-12,15H,2-9,19H2,1H3. The van der Waals surface area contributed by atoms with Gasteiger partial charge >= 0.3 is 0 Å². The molecule has 116 valence electrons. The summed E-state index contributed by atoms with van der Waals surface area (Å²) >= 11 is 0. The average molecular weight is 292 g/mol. The van der Waals surface area contributed by atoms with E-state index in [1.165, 1.54) is 44.6 Å². The number of nitrogens with zero attached hydrogens (tertiary/aromatic N) is 1. The van der Waals surface area contributed by atoms with Gasteiger partial charge in [-0.05, 0) is 38.5 Å². The number of hydrogen-bond donors (Lipinski definition) is 1. The van der Waals surface area contributed by atoms with Gasteiger partial charge in [0.15, 0.2) is 11.6 Å². The van der Waals surface area contributed by atoms with Crippen molar-refractivity contribution in [3.63, 3.8) is 0 Å². The number of nitrogen functional groups attached to an aromatic ring is 1. The Morgan fingerprint density at radius 1 is 1.24 bits per heavy atom. The molecule has 0 spiro atoms. The molecule has 4 heteroatoms. The first-order chi connectivity index (χ1) is 10.2. The van der Waals surface area contributed by atoms with Crippen molar-refractivity contribution in [2.45, 2.75) is 51.5 Å². The first kappa shape index (κ1) is 14.5. The van der Waals surface area contributed by atoms with Crippen LogP contribution < -0.4 is 15.4 Å². The second-order valence-electron chi connectivity index (χ2n) is 6.22. The predicted octanol–water partition coefficient (Wildman–Crippen LogP) is 3.97. The van der Waals surface area contributed by atoms with Crippen molar-refractivity contribution in [2.24, 2.45) is 5.92 Å². The zero-order valence-corrected chi connectivity index (χ0v) is 12.8. The topological polar surface area (TPSA) is 38.5 Å². The lowest BCUT2D eigenvalue weighted by Crippen LogP contribution is -2.35. The number of hydrogen-bond acceptors (Lipinski definition) is 3. The molecule has 1 unspecified atom stereocenters. The number of benzene rings is 1. The van der Waals surface area contributed by atoms with Crippen molar-refractivity contribution in [1.82, 2.24) is 0 Å². The third kappa shape index (κ3) is 2.81. The van der Waals surface area contributed by atoms with Crippen LogP contribution in [0.2, 0.25) is 0 Å². The lowest BCUT2D eigenvalue weighted by molar-refractivity contribution is 0.321. The Hall–Kier alpha value is -1.45. The summed E-state index contributed by atoms with van der Waals surface area (Å²) in [5, 5.41) is 0. The van der Waals surface area contributed by atoms with Crippen LogP contribution in [0, 0.1) is 11.7 Å². The van der Waals surface area contributed by atoms with Gasteiger partial charge in [-0.2, -0.15) is 0 Å². The normalized spacial score (nSPS) is 23.0. The highest BCUT2D eigenvalue weighted by Crippen LogP contribution is 2.41. The molecule has 2 aliphatic rings. The molecule has 3 rings (SSSR count). The molecule has 1 aliphatic heterocycles. The first-order valence-electron chi connectivity index (χ1n) is 8.19. The molecule has 21 heavy (non-hydrogen) atoms. The van der Waals surface area contributed by atoms with Crippen molar-refractivity contribution < 1.29 is 9.13 Å². The van der Waals surface area contributed by atoms with Crippen LogP contribution in [0.15, 0.2) is 12.1 Å². The second kappa shape index (κ2) is 6.12. The second-order valence-corrected chi connectivity index (χ2v) is 6.22. The quantitative estimate of drug-likeness (QED) is 0.854. The highest BCUT2D eigenvalue weighted by atomic mass is 19.1. The van der Waals surface area contributed by atoms with Crippen LogP contribution in [-0.2, 0) is 0 Å². The molecule has 1 aromatic carbocycles. The Kier molecular flexibility index (Phi) is 4.22. The minimum atomic E-state index is -0.366. The maximum absolute atomic E-state index is 13.9. The molecule has 2 fully saturated rings. The fraction of sp³-hybridized carbons (Fsp3) is 0.647. The van der Waals surface area contributed by atoms with Gasteiger partial charge in [0.2, 0.25) is 0 Å². The van der Waals surface area contributed by atoms with Crippen molar-refractivity contribution in [2.75, 3.05) is 23.8 Å². The summed E-state index contributed by atoms with van der Waals surface area (Å²) in [6.07, 6.45) is 7.75. The Morgan fingerprint density at radius 2 is 2.00 bits per heavy atom. The van der Waals surface area contributed by atoms with Gasteiger partial charge in [-0.3, -0.25) is 0 Å². The van der Waals surface area contributed by atoms with Crippen LogP contribution in [-0.4, -0.2) is 19.2 Å². The van der Waals surface area contributed by atoms with Crippen molar-refractivity contribution >= 4 is 11.4 Å². The number of anilines is 2. The van der Waals surface area contributed by atoms with Gasteiger partial charge < -0.3 is 15.4 Å². The molecule has 1 saturated heterocycles. The fourth-order valence-electron chi connectivity index (χ4n) is 4.00. The lowest BCUT2D eigenvalue weighted by Gasteiger charge is -2.32. The van der Waals surface area contributed by atoms with Gasteiger partial charge in [0.25, 0.3) is 0 Å². The summed E-state index contributed by atoms with van der Waals surface area (Å²) in [7, 11) is 0. The van der Waals surface area contributed by atoms with E-state index in [0.717, 1.165) is 18.2 Å². The van der Waals surface area contributed by atoms with E-state index in [1.807, 2.05) is 6.92 Å². The van der Waals surface area contributed by atoms with E-state index < -0.39 is 0 Å². The molecule has 1 heterocycles. The number of nitrogens with two attached hydrogens (primary N) is 1. The summed E-state index contributed by atoms with van der Waals surface area (Å²) < 4.78 is 19.3. The van der Waals surface area contributed by atoms with Gasteiger partial charge in [-0.15, -0.1) is 0 Å². The van der Waals surface area contributed by atoms with Crippen LogP contribution in [0.25, 0.3) is 0 Å². The van der Waals surface area contributed by atoms with Crippen LogP contribution in [0.1, 0.15) is 45.4 Å². The van der Waals surface area contributed by atoms with E-state index >= 15 is 0 Å². The van der Waals surface area contributed by atoms with E-state index in [0.29, 0.717) is 24.1 Å². The summed E-state index contributed by atoms with van der Waals surface area (Å²) in [5.74, 6) is 0.723. The largest absolute Gasteiger partial charge is 0.491 e. The molecule has 0 bridgehead atoms. The molecule has 0 aromatic heterocycles. The first-order valence-corrected chi connectivity index (χ1v) is 8.19. The monoisotopic (exact) mass is 292 g/mol. The number of halogens is 1. The van der Waals surface area contributed by atoms with Crippen LogP contribution in [0.4, 0.5) is 15.8 Å². The average Bonchev–Trinajstić information content (AvgIpc) is 3.11. The fourth-order valence-corrected chi connectivity index (χ4v) is 4.00. The molecule has 2 N–H and O–H groups in total. The third-order valence-corrected chi connectivity index (χ3v) is 4.93. The molecule has 1 saturated carbocycles. The highest BCUT2D eigenvalue weighted by molar-refractivity contribution is 5.71. The summed E-state index contributed by atoms with van der Waals surface area (Å²) in [4.78, 5) is 2.40. The molecule has 0 amide bonds. The Balaban J connectivity index is 1.89. The molecular formula is C17H25FN2O. The summed E-state index contributed by atoms with van der Waals surface area (Å²) in [6.45, 7) is 3.35. The maximum Gasteiger partial charge on any atom is 0.167 e. The molecule has 1 atom stereocenters. The van der Waals surface area contributed by atoms with Crippen LogP contribution in [0.3, 0.4) is 0 Å². The predicted molar refractivity (Wildman–Crippen MR) is 84.3 cm³/mol. The van der Waals surface area contributed by atoms with Gasteiger partial charge in [0.05, 0.1) is 18.0 Å². The van der Waals surface area contributed by atoms with E-state index in [9.17, 15) is 4.39 Å². The van der Waals surface area contributed by atoms with Gasteiger partial charge in [-0.1, -0.05) is 12.8 Å². The van der Waals surface area contributed by atoms with E-state index in [2.05, 4.69) is 4.90 Å². The van der Waals surface area contributed by atoms with Crippen molar-refractivity contribution in [3.8, 4) is 5.75 Å². The van der Waals surface area contributed by atoms with Gasteiger partial charge in [0, 0.05) is 24.7 Å². The SMILES string of the molecule is CCOc1cc(N2CCCC2C2CCCC2)c(N)cc1F. The minimum Gasteiger partial charge on any atom is -0.491 e. The van der Waals surface area contributed by atoms with Gasteiger partial charge in [0.1, 0.15) is 0 Å². The Labute approximate surface area is 126 Å². The summed E-state index contributed by atoms with van der Waals surface area (Å²) in [5.41, 5.74) is 7.57. The molecule has 3 nitrogen and oxygen atoms in total. The van der Waals surface area contributed by atoms with Gasteiger partial charge in [-0.25, -0.2) is 4.39 Å². The van der Waals surface area contributed by atoms with E-state index in [1.54, 1.807) is 6.07 Å². The smallest absolute Gasteiger partial charge is 0.167 e.